The summed E-state index contributed by atoms with van der Waals surface area (Å²) in [6.07, 6.45) is 5.03. The molecule has 0 saturated carbocycles. The number of β-amino-alcohol motifs (C(OH)–C–C–N with tert-alkyl or cyclic N) is 1. The summed E-state index contributed by atoms with van der Waals surface area (Å²) < 4.78 is 0. The average Bonchev–Trinajstić information content (AvgIpc) is 2.36. The average molecular weight is 270 g/mol. The number of piperidine rings is 1. The van der Waals surface area contributed by atoms with E-state index < -0.39 is 5.60 Å². The van der Waals surface area contributed by atoms with Crippen molar-refractivity contribution in [3.63, 3.8) is 0 Å². The molecule has 1 saturated heterocycles. The zero-order valence-corrected chi connectivity index (χ0v) is 13.6. The fourth-order valence-electron chi connectivity index (χ4n) is 2.88. The van der Waals surface area contributed by atoms with E-state index in [1.807, 2.05) is 6.92 Å². The molecule has 1 aliphatic heterocycles. The number of nitrogens with zero attached hydrogens (tertiary/aromatic N) is 1. The maximum Gasteiger partial charge on any atom is 0.0768 e. The van der Waals surface area contributed by atoms with E-state index >= 15 is 0 Å². The molecular weight excluding hydrogens is 236 g/mol. The summed E-state index contributed by atoms with van der Waals surface area (Å²) in [4.78, 5) is 2.51. The van der Waals surface area contributed by atoms with Gasteiger partial charge in [-0.3, -0.25) is 4.90 Å². The van der Waals surface area contributed by atoms with E-state index in [4.69, 9.17) is 0 Å². The van der Waals surface area contributed by atoms with Gasteiger partial charge in [0, 0.05) is 18.6 Å². The molecular formula is C16H34N2O. The van der Waals surface area contributed by atoms with Crippen LogP contribution in [0.15, 0.2) is 0 Å². The Labute approximate surface area is 119 Å². The predicted molar refractivity (Wildman–Crippen MR) is 82.4 cm³/mol. The van der Waals surface area contributed by atoms with Gasteiger partial charge in [-0.2, -0.15) is 0 Å². The minimum Gasteiger partial charge on any atom is -0.389 e. The molecule has 3 nitrogen and oxygen atoms in total. The van der Waals surface area contributed by atoms with Crippen LogP contribution in [0.4, 0.5) is 0 Å². The van der Waals surface area contributed by atoms with E-state index in [1.54, 1.807) is 0 Å². The van der Waals surface area contributed by atoms with Crippen molar-refractivity contribution in [3.05, 3.63) is 0 Å². The van der Waals surface area contributed by atoms with E-state index in [0.29, 0.717) is 18.0 Å². The lowest BCUT2D eigenvalue weighted by Gasteiger charge is -2.43. The molecule has 3 atom stereocenters. The topological polar surface area (TPSA) is 35.5 Å². The lowest BCUT2D eigenvalue weighted by Crippen LogP contribution is -2.56. The predicted octanol–water partition coefficient (Wildman–Crippen LogP) is 2.64. The van der Waals surface area contributed by atoms with Crippen LogP contribution < -0.4 is 5.32 Å². The Balaban J connectivity index is 2.61. The second kappa shape index (κ2) is 7.61. The Bertz CT molecular complexity index is 253. The highest BCUT2D eigenvalue weighted by molar-refractivity contribution is 4.90. The van der Waals surface area contributed by atoms with Crippen LogP contribution in [0, 0.1) is 5.92 Å². The lowest BCUT2D eigenvalue weighted by molar-refractivity contribution is -0.0398. The molecule has 0 radical (unpaired) electrons. The van der Waals surface area contributed by atoms with Crippen molar-refractivity contribution in [1.82, 2.24) is 10.2 Å². The molecule has 1 fully saturated rings. The smallest absolute Gasteiger partial charge is 0.0768 e. The first-order chi connectivity index (χ1) is 8.88. The van der Waals surface area contributed by atoms with Crippen LogP contribution in [0.25, 0.3) is 0 Å². The molecule has 0 aromatic rings. The normalized spacial score (nSPS) is 26.4. The molecule has 0 aromatic heterocycles. The van der Waals surface area contributed by atoms with E-state index in [1.165, 1.54) is 25.7 Å². The maximum atomic E-state index is 10.6. The van der Waals surface area contributed by atoms with Gasteiger partial charge in [0.2, 0.25) is 0 Å². The highest BCUT2D eigenvalue weighted by atomic mass is 16.3. The van der Waals surface area contributed by atoms with Gasteiger partial charge >= 0.3 is 0 Å². The quantitative estimate of drug-likeness (QED) is 0.746. The van der Waals surface area contributed by atoms with Crippen molar-refractivity contribution < 1.29 is 5.11 Å². The molecule has 3 heteroatoms. The minimum atomic E-state index is -0.583. The molecule has 0 spiro atoms. The second-order valence-electron chi connectivity index (χ2n) is 6.79. The molecule has 2 N–H and O–H groups in total. The summed E-state index contributed by atoms with van der Waals surface area (Å²) in [5.41, 5.74) is -0.583. The van der Waals surface area contributed by atoms with Gasteiger partial charge in [0.25, 0.3) is 0 Å². The van der Waals surface area contributed by atoms with Crippen molar-refractivity contribution >= 4 is 0 Å². The Kier molecular flexibility index (Phi) is 6.78. The number of rotatable bonds is 7. The summed E-state index contributed by atoms with van der Waals surface area (Å²) in [6, 6.07) is 1.09. The van der Waals surface area contributed by atoms with Crippen LogP contribution in [-0.2, 0) is 0 Å². The first-order valence-electron chi connectivity index (χ1n) is 8.08. The van der Waals surface area contributed by atoms with Crippen molar-refractivity contribution in [3.8, 4) is 0 Å². The molecule has 1 rings (SSSR count). The minimum absolute atomic E-state index is 0.300. The molecule has 0 aliphatic carbocycles. The molecule has 19 heavy (non-hydrogen) atoms. The lowest BCUT2D eigenvalue weighted by atomic mass is 9.88. The molecule has 0 aromatic carbocycles. The molecule has 1 aliphatic rings. The third-order valence-corrected chi connectivity index (χ3v) is 4.72. The zero-order chi connectivity index (χ0) is 14.5. The zero-order valence-electron chi connectivity index (χ0n) is 13.6. The third kappa shape index (κ3) is 5.05. The fraction of sp³-hybridized carbons (Fsp3) is 1.00. The maximum absolute atomic E-state index is 10.6. The molecule has 0 amide bonds. The number of hydrogen-bond donors (Lipinski definition) is 2. The first-order valence-corrected chi connectivity index (χ1v) is 8.08. The standard InChI is InChI=1S/C16H34N2O/c1-6-10-17-14(4)15-9-7-8-11-18(15)12-16(5,19)13(2)3/h13-15,17,19H,6-12H2,1-5H3. The summed E-state index contributed by atoms with van der Waals surface area (Å²) in [6.45, 7) is 13.7. The summed E-state index contributed by atoms with van der Waals surface area (Å²) in [7, 11) is 0. The SMILES string of the molecule is CCCNC(C)C1CCCCN1CC(C)(O)C(C)C. The van der Waals surface area contributed by atoms with Crippen molar-refractivity contribution in [2.75, 3.05) is 19.6 Å². The van der Waals surface area contributed by atoms with Gasteiger partial charge in [-0.25, -0.2) is 0 Å². The van der Waals surface area contributed by atoms with Crippen LogP contribution in [0.3, 0.4) is 0 Å². The number of likely N-dealkylation sites (tertiary alicyclic amines) is 1. The molecule has 3 unspecified atom stereocenters. The highest BCUT2D eigenvalue weighted by Crippen LogP contribution is 2.25. The molecule has 0 bridgehead atoms. The van der Waals surface area contributed by atoms with Gasteiger partial charge in [-0.05, 0) is 52.1 Å². The monoisotopic (exact) mass is 270 g/mol. The van der Waals surface area contributed by atoms with Gasteiger partial charge < -0.3 is 10.4 Å². The second-order valence-corrected chi connectivity index (χ2v) is 6.79. The van der Waals surface area contributed by atoms with Gasteiger partial charge in [0.15, 0.2) is 0 Å². The van der Waals surface area contributed by atoms with Crippen molar-refractivity contribution in [2.24, 2.45) is 5.92 Å². The third-order valence-electron chi connectivity index (χ3n) is 4.72. The van der Waals surface area contributed by atoms with Gasteiger partial charge in [0.05, 0.1) is 5.60 Å². The van der Waals surface area contributed by atoms with Crippen LogP contribution in [0.5, 0.6) is 0 Å². The van der Waals surface area contributed by atoms with E-state index in [9.17, 15) is 5.11 Å². The van der Waals surface area contributed by atoms with Gasteiger partial charge in [-0.1, -0.05) is 27.2 Å². The van der Waals surface area contributed by atoms with Gasteiger partial charge in [0.1, 0.15) is 0 Å². The largest absolute Gasteiger partial charge is 0.389 e. The fourth-order valence-corrected chi connectivity index (χ4v) is 2.88. The number of hydrogen-bond acceptors (Lipinski definition) is 3. The van der Waals surface area contributed by atoms with Crippen molar-refractivity contribution in [1.29, 1.82) is 0 Å². The van der Waals surface area contributed by atoms with Crippen molar-refractivity contribution in [2.45, 2.75) is 78.0 Å². The summed E-state index contributed by atoms with van der Waals surface area (Å²) in [5, 5.41) is 14.2. The van der Waals surface area contributed by atoms with E-state index in [2.05, 4.69) is 37.9 Å². The number of nitrogens with one attached hydrogen (secondary N) is 1. The van der Waals surface area contributed by atoms with E-state index in [0.717, 1.165) is 19.6 Å². The van der Waals surface area contributed by atoms with E-state index in [-0.39, 0.29) is 0 Å². The first kappa shape index (κ1) is 16.9. The van der Waals surface area contributed by atoms with Gasteiger partial charge in [-0.15, -0.1) is 0 Å². The highest BCUT2D eigenvalue weighted by Gasteiger charge is 2.34. The summed E-state index contributed by atoms with van der Waals surface area (Å²) >= 11 is 0. The van der Waals surface area contributed by atoms with Crippen LogP contribution in [0.1, 0.15) is 60.3 Å². The van der Waals surface area contributed by atoms with Crippen LogP contribution in [-0.4, -0.2) is 47.3 Å². The Hall–Kier alpha value is -0.120. The van der Waals surface area contributed by atoms with Crippen LogP contribution in [0.2, 0.25) is 0 Å². The Morgan fingerprint density at radius 3 is 2.58 bits per heavy atom. The Morgan fingerprint density at radius 2 is 2.00 bits per heavy atom. The summed E-state index contributed by atoms with van der Waals surface area (Å²) in [5.74, 6) is 0.300. The Morgan fingerprint density at radius 1 is 1.32 bits per heavy atom. The molecule has 1 heterocycles. The number of aliphatic hydroxyl groups is 1. The van der Waals surface area contributed by atoms with Crippen LogP contribution >= 0.6 is 0 Å². The molecule has 114 valence electrons.